The first-order valence-corrected chi connectivity index (χ1v) is 17.5. The summed E-state index contributed by atoms with van der Waals surface area (Å²) in [4.78, 5) is 0. The summed E-state index contributed by atoms with van der Waals surface area (Å²) in [6.07, 6.45) is 0. The quantitative estimate of drug-likeness (QED) is 0.0818. The van der Waals surface area contributed by atoms with Gasteiger partial charge in [0.05, 0.1) is 28.1 Å². The first kappa shape index (κ1) is 36.0. The SMILES string of the molecule is Nc1cc(Oc2c(C#Cc3ccccc3)c(C#Cc3ccccc3)c(C#Cc3ccccc3)c(Oc3ccc(O)c(N)c3)c2C#Cc2ccccc2)ccc1O. The van der Waals surface area contributed by atoms with Gasteiger partial charge in [-0.15, -0.1) is 0 Å². The normalized spacial score (nSPS) is 9.86. The van der Waals surface area contributed by atoms with E-state index < -0.39 is 0 Å². The lowest BCUT2D eigenvalue weighted by molar-refractivity contribution is 0.450. The zero-order valence-corrected chi connectivity index (χ0v) is 29.9. The van der Waals surface area contributed by atoms with Gasteiger partial charge in [-0.1, -0.05) is 120 Å². The van der Waals surface area contributed by atoms with Crippen molar-refractivity contribution in [3.63, 3.8) is 0 Å². The summed E-state index contributed by atoms with van der Waals surface area (Å²) in [5.41, 5.74) is 17.0. The lowest BCUT2D eigenvalue weighted by Gasteiger charge is -2.19. The maximum atomic E-state index is 10.3. The van der Waals surface area contributed by atoms with Crippen molar-refractivity contribution in [2.75, 3.05) is 11.5 Å². The Morgan fingerprint density at radius 1 is 0.339 bits per heavy atom. The van der Waals surface area contributed by atoms with E-state index in [1.807, 2.05) is 121 Å². The fourth-order valence-corrected chi connectivity index (χ4v) is 5.44. The molecule has 266 valence electrons. The number of aromatic hydroxyl groups is 2. The zero-order valence-electron chi connectivity index (χ0n) is 29.9. The van der Waals surface area contributed by atoms with Crippen molar-refractivity contribution in [1.82, 2.24) is 0 Å². The summed E-state index contributed by atoms with van der Waals surface area (Å²) in [7, 11) is 0. The van der Waals surface area contributed by atoms with E-state index in [-0.39, 0.29) is 34.4 Å². The Morgan fingerprint density at radius 3 is 0.964 bits per heavy atom. The van der Waals surface area contributed by atoms with Gasteiger partial charge in [-0.25, -0.2) is 0 Å². The topological polar surface area (TPSA) is 111 Å². The molecule has 7 aromatic carbocycles. The molecule has 0 atom stereocenters. The molecule has 7 aromatic rings. The van der Waals surface area contributed by atoms with Gasteiger partial charge in [-0.05, 0) is 72.8 Å². The Morgan fingerprint density at radius 2 is 0.643 bits per heavy atom. The van der Waals surface area contributed by atoms with E-state index >= 15 is 0 Å². The molecule has 0 aliphatic carbocycles. The molecule has 0 aromatic heterocycles. The minimum absolute atomic E-state index is 0.0968. The smallest absolute Gasteiger partial charge is 0.163 e. The number of phenols is 2. The molecule has 56 heavy (non-hydrogen) atoms. The molecule has 0 radical (unpaired) electrons. The molecular formula is C50H32N2O4. The van der Waals surface area contributed by atoms with Crippen LogP contribution in [0.25, 0.3) is 0 Å². The first-order chi connectivity index (χ1) is 27.4. The molecule has 7 rings (SSSR count). The lowest BCUT2D eigenvalue weighted by Crippen LogP contribution is -2.04. The van der Waals surface area contributed by atoms with E-state index in [4.69, 9.17) is 20.9 Å². The second-order valence-corrected chi connectivity index (χ2v) is 12.3. The number of ether oxygens (including phenoxy) is 2. The summed E-state index contributed by atoms with van der Waals surface area (Å²) < 4.78 is 13.5. The summed E-state index contributed by atoms with van der Waals surface area (Å²) in [5.74, 6) is 27.4. The van der Waals surface area contributed by atoms with E-state index in [0.29, 0.717) is 33.8 Å². The molecule has 6 nitrogen and oxygen atoms in total. The van der Waals surface area contributed by atoms with Crippen LogP contribution in [0.5, 0.6) is 34.5 Å². The Balaban J connectivity index is 1.64. The molecule has 0 bridgehead atoms. The number of anilines is 2. The summed E-state index contributed by atoms with van der Waals surface area (Å²) in [5, 5.41) is 20.6. The molecule has 0 heterocycles. The van der Waals surface area contributed by atoms with Gasteiger partial charge in [0.2, 0.25) is 0 Å². The third-order valence-corrected chi connectivity index (χ3v) is 8.27. The van der Waals surface area contributed by atoms with Crippen LogP contribution in [-0.4, -0.2) is 10.2 Å². The van der Waals surface area contributed by atoms with E-state index in [2.05, 4.69) is 47.4 Å². The summed E-state index contributed by atoms with van der Waals surface area (Å²) in [6.45, 7) is 0. The van der Waals surface area contributed by atoms with Crippen LogP contribution < -0.4 is 20.9 Å². The minimum Gasteiger partial charge on any atom is -0.506 e. The van der Waals surface area contributed by atoms with Crippen molar-refractivity contribution in [2.24, 2.45) is 0 Å². The van der Waals surface area contributed by atoms with Gasteiger partial charge in [0.1, 0.15) is 28.6 Å². The second kappa shape index (κ2) is 16.9. The van der Waals surface area contributed by atoms with E-state index in [1.165, 1.54) is 24.3 Å². The van der Waals surface area contributed by atoms with Gasteiger partial charge >= 0.3 is 0 Å². The van der Waals surface area contributed by atoms with Crippen molar-refractivity contribution in [1.29, 1.82) is 0 Å². The predicted octanol–water partition coefficient (Wildman–Crippen LogP) is 9.45. The molecule has 0 spiro atoms. The highest BCUT2D eigenvalue weighted by Crippen LogP contribution is 2.44. The largest absolute Gasteiger partial charge is 0.506 e. The Kier molecular flexibility index (Phi) is 10.9. The standard InChI is InChI=1S/C50H32N2O4/c51-45-33-39(25-31-47(45)53)55-49-42(28-22-36-15-7-2-8-16-36)41(27-21-35-13-5-1-6-14-35)43(29-23-37-17-9-3-10-18-37)50(56-40-26-32-48(54)46(52)34-40)44(49)30-24-38-19-11-4-12-20-38/h1-20,25-26,31-34,53-54H,51-52H2. The van der Waals surface area contributed by atoms with E-state index in [0.717, 1.165) is 22.3 Å². The Bertz CT molecular complexity index is 2660. The fraction of sp³-hybridized carbons (Fsp3) is 0. The molecule has 0 saturated heterocycles. The van der Waals surface area contributed by atoms with Gasteiger partial charge in [-0.2, -0.15) is 0 Å². The van der Waals surface area contributed by atoms with Crippen molar-refractivity contribution < 1.29 is 19.7 Å². The molecular weight excluding hydrogens is 693 g/mol. The number of benzene rings is 7. The number of nitrogens with two attached hydrogens (primary N) is 2. The average Bonchev–Trinajstić information content (AvgIpc) is 3.23. The molecule has 0 fully saturated rings. The van der Waals surface area contributed by atoms with Crippen LogP contribution in [0.4, 0.5) is 11.4 Å². The molecule has 0 aliphatic heterocycles. The van der Waals surface area contributed by atoms with Gasteiger partial charge in [-0.3, -0.25) is 0 Å². The molecule has 6 N–H and O–H groups in total. The maximum Gasteiger partial charge on any atom is 0.163 e. The number of nitrogen functional groups attached to an aromatic ring is 2. The molecule has 0 aliphatic rings. The maximum absolute atomic E-state index is 10.3. The van der Waals surface area contributed by atoms with Crippen molar-refractivity contribution in [3.8, 4) is 81.9 Å². The summed E-state index contributed by atoms with van der Waals surface area (Å²) in [6, 6.07) is 47.2. The van der Waals surface area contributed by atoms with Crippen molar-refractivity contribution in [2.45, 2.75) is 0 Å². The van der Waals surface area contributed by atoms with Gasteiger partial charge in [0, 0.05) is 34.4 Å². The van der Waals surface area contributed by atoms with Crippen molar-refractivity contribution in [3.05, 3.63) is 202 Å². The van der Waals surface area contributed by atoms with Gasteiger partial charge < -0.3 is 31.2 Å². The van der Waals surface area contributed by atoms with E-state index in [1.54, 1.807) is 12.1 Å². The Hall–Kier alpha value is -8.42. The second-order valence-electron chi connectivity index (χ2n) is 12.3. The first-order valence-electron chi connectivity index (χ1n) is 17.5. The van der Waals surface area contributed by atoms with Crippen LogP contribution in [0.1, 0.15) is 44.5 Å². The lowest BCUT2D eigenvalue weighted by atomic mass is 9.93. The fourth-order valence-electron chi connectivity index (χ4n) is 5.44. The van der Waals surface area contributed by atoms with Crippen LogP contribution in [-0.2, 0) is 0 Å². The minimum atomic E-state index is -0.0968. The van der Waals surface area contributed by atoms with E-state index in [9.17, 15) is 10.2 Å². The summed E-state index contributed by atoms with van der Waals surface area (Å²) >= 11 is 0. The zero-order chi connectivity index (χ0) is 38.7. The molecule has 0 amide bonds. The third-order valence-electron chi connectivity index (χ3n) is 8.27. The molecule has 0 saturated carbocycles. The van der Waals surface area contributed by atoms with Gasteiger partial charge in [0.15, 0.2) is 11.5 Å². The molecule has 0 unspecified atom stereocenters. The number of hydrogen-bond acceptors (Lipinski definition) is 6. The highest BCUT2D eigenvalue weighted by molar-refractivity contribution is 5.78. The average molecular weight is 725 g/mol. The highest BCUT2D eigenvalue weighted by atomic mass is 16.5. The van der Waals surface area contributed by atoms with Crippen LogP contribution in [0, 0.1) is 47.4 Å². The van der Waals surface area contributed by atoms with Gasteiger partial charge in [0.25, 0.3) is 0 Å². The highest BCUT2D eigenvalue weighted by Gasteiger charge is 2.26. The van der Waals surface area contributed by atoms with Crippen LogP contribution >= 0.6 is 0 Å². The number of hydrogen-bond donors (Lipinski definition) is 4. The van der Waals surface area contributed by atoms with Crippen molar-refractivity contribution >= 4 is 11.4 Å². The third kappa shape index (κ3) is 8.78. The number of phenolic OH excluding ortho intramolecular Hbond substituents is 2. The number of rotatable bonds is 4. The van der Waals surface area contributed by atoms with Crippen LogP contribution in [0.3, 0.4) is 0 Å². The molecule has 6 heteroatoms. The van der Waals surface area contributed by atoms with Crippen LogP contribution in [0.15, 0.2) is 158 Å². The Labute approximate surface area is 325 Å². The monoisotopic (exact) mass is 724 g/mol. The van der Waals surface area contributed by atoms with Crippen LogP contribution in [0.2, 0.25) is 0 Å². The predicted molar refractivity (Wildman–Crippen MR) is 221 cm³/mol.